The van der Waals surface area contributed by atoms with E-state index in [1.165, 1.54) is 14.8 Å². The summed E-state index contributed by atoms with van der Waals surface area (Å²) in [6.07, 6.45) is 2.41. The second-order valence-corrected chi connectivity index (χ2v) is 7.10. The molecular weight excluding hydrogens is 373 g/mol. The number of para-hydroxylation sites is 1. The van der Waals surface area contributed by atoms with Crippen LogP contribution in [-0.4, -0.2) is 23.8 Å². The Morgan fingerprint density at radius 2 is 1.57 bits per heavy atom. The molecule has 1 aliphatic rings. The van der Waals surface area contributed by atoms with Crippen molar-refractivity contribution in [2.24, 2.45) is 0 Å². The van der Waals surface area contributed by atoms with Gasteiger partial charge in [-0.15, -0.1) is 0 Å². The average Bonchev–Trinajstić information content (AvgIpc) is 2.51. The van der Waals surface area contributed by atoms with Gasteiger partial charge in [-0.25, -0.2) is 0 Å². The molecule has 21 heavy (non-hydrogen) atoms. The van der Waals surface area contributed by atoms with E-state index in [0.717, 1.165) is 32.4 Å². The first-order valence-corrected chi connectivity index (χ1v) is 8.49. The minimum Gasteiger partial charge on any atom is -0.389 e. The van der Waals surface area contributed by atoms with E-state index in [1.807, 2.05) is 6.07 Å². The van der Waals surface area contributed by atoms with Crippen molar-refractivity contribution in [2.75, 3.05) is 18.0 Å². The third kappa shape index (κ3) is 3.77. The van der Waals surface area contributed by atoms with Crippen molar-refractivity contribution >= 4 is 28.3 Å². The van der Waals surface area contributed by atoms with Gasteiger partial charge in [-0.05, 0) is 65.3 Å². The van der Waals surface area contributed by atoms with E-state index in [9.17, 15) is 5.11 Å². The Labute approximate surface area is 139 Å². The number of rotatable bonds is 3. The summed E-state index contributed by atoms with van der Waals surface area (Å²) in [4.78, 5) is 2.36. The highest BCUT2D eigenvalue weighted by atomic mass is 127. The molecule has 2 aromatic carbocycles. The lowest BCUT2D eigenvalue weighted by Gasteiger charge is -2.39. The predicted molar refractivity (Wildman–Crippen MR) is 95.7 cm³/mol. The third-order valence-electron chi connectivity index (χ3n) is 4.26. The molecule has 1 aliphatic heterocycles. The fraction of sp³-hybridized carbons (Fsp3) is 0.333. The molecule has 0 amide bonds. The van der Waals surface area contributed by atoms with E-state index in [-0.39, 0.29) is 0 Å². The zero-order valence-electron chi connectivity index (χ0n) is 12.0. The van der Waals surface area contributed by atoms with Gasteiger partial charge in [0.05, 0.1) is 5.60 Å². The standard InChI is InChI=1S/C18H20INO/c19-16-8-6-15(7-9-16)14-18(21)10-12-20(13-11-18)17-4-2-1-3-5-17/h1-9,21H,10-14H2. The van der Waals surface area contributed by atoms with Gasteiger partial charge in [0, 0.05) is 28.8 Å². The maximum atomic E-state index is 10.8. The van der Waals surface area contributed by atoms with Crippen LogP contribution in [0.4, 0.5) is 5.69 Å². The molecule has 110 valence electrons. The Balaban J connectivity index is 1.62. The second-order valence-electron chi connectivity index (χ2n) is 5.85. The van der Waals surface area contributed by atoms with Gasteiger partial charge in [0.15, 0.2) is 0 Å². The quantitative estimate of drug-likeness (QED) is 0.801. The summed E-state index contributed by atoms with van der Waals surface area (Å²) in [6, 6.07) is 18.9. The maximum absolute atomic E-state index is 10.8. The SMILES string of the molecule is OC1(Cc2ccc(I)cc2)CCN(c2ccccc2)CC1. The van der Waals surface area contributed by atoms with Crippen LogP contribution < -0.4 is 4.90 Å². The molecule has 0 aliphatic carbocycles. The molecule has 1 saturated heterocycles. The number of aliphatic hydroxyl groups is 1. The number of nitrogens with zero attached hydrogens (tertiary/aromatic N) is 1. The molecule has 3 heteroatoms. The third-order valence-corrected chi connectivity index (χ3v) is 4.98. The summed E-state index contributed by atoms with van der Waals surface area (Å²) >= 11 is 2.31. The van der Waals surface area contributed by atoms with E-state index < -0.39 is 5.60 Å². The van der Waals surface area contributed by atoms with Crippen LogP contribution in [0, 0.1) is 3.57 Å². The van der Waals surface area contributed by atoms with Crippen LogP contribution in [0.5, 0.6) is 0 Å². The Hall–Kier alpha value is -1.07. The highest BCUT2D eigenvalue weighted by molar-refractivity contribution is 14.1. The van der Waals surface area contributed by atoms with Crippen LogP contribution in [0.25, 0.3) is 0 Å². The van der Waals surface area contributed by atoms with Crippen LogP contribution in [0.2, 0.25) is 0 Å². The summed E-state index contributed by atoms with van der Waals surface area (Å²) in [5, 5.41) is 10.8. The number of halogens is 1. The largest absolute Gasteiger partial charge is 0.389 e. The summed E-state index contributed by atoms with van der Waals surface area (Å²) in [7, 11) is 0. The average molecular weight is 393 g/mol. The van der Waals surface area contributed by atoms with Crippen molar-refractivity contribution < 1.29 is 5.11 Å². The fourth-order valence-electron chi connectivity index (χ4n) is 2.98. The van der Waals surface area contributed by atoms with Crippen LogP contribution >= 0.6 is 22.6 Å². The molecule has 2 aromatic rings. The first kappa shape index (κ1) is 14.9. The Bertz CT molecular complexity index is 574. The first-order valence-electron chi connectivity index (χ1n) is 7.41. The van der Waals surface area contributed by atoms with Crippen LogP contribution in [0.3, 0.4) is 0 Å². The molecule has 1 heterocycles. The Morgan fingerprint density at radius 3 is 2.19 bits per heavy atom. The topological polar surface area (TPSA) is 23.5 Å². The van der Waals surface area contributed by atoms with Crippen LogP contribution in [0.1, 0.15) is 18.4 Å². The number of hydrogen-bond donors (Lipinski definition) is 1. The predicted octanol–water partition coefficient (Wildman–Crippen LogP) is 3.87. The van der Waals surface area contributed by atoms with Crippen molar-refractivity contribution in [3.05, 3.63) is 63.7 Å². The Morgan fingerprint density at radius 1 is 0.952 bits per heavy atom. The minimum atomic E-state index is -0.557. The van der Waals surface area contributed by atoms with E-state index in [2.05, 4.69) is 76.0 Å². The summed E-state index contributed by atoms with van der Waals surface area (Å²) < 4.78 is 1.24. The highest BCUT2D eigenvalue weighted by Gasteiger charge is 2.32. The minimum absolute atomic E-state index is 0.557. The van der Waals surface area contributed by atoms with E-state index >= 15 is 0 Å². The summed E-state index contributed by atoms with van der Waals surface area (Å²) in [5.41, 5.74) is 1.93. The smallest absolute Gasteiger partial charge is 0.0721 e. The van der Waals surface area contributed by atoms with Crippen molar-refractivity contribution in [2.45, 2.75) is 24.9 Å². The number of hydrogen-bond acceptors (Lipinski definition) is 2. The van der Waals surface area contributed by atoms with Gasteiger partial charge in [0.25, 0.3) is 0 Å². The van der Waals surface area contributed by atoms with Gasteiger partial charge in [0.2, 0.25) is 0 Å². The van der Waals surface area contributed by atoms with Gasteiger partial charge in [-0.2, -0.15) is 0 Å². The Kier molecular flexibility index (Phi) is 4.50. The van der Waals surface area contributed by atoms with Crippen LogP contribution in [-0.2, 0) is 6.42 Å². The normalized spacial score (nSPS) is 17.7. The number of piperidine rings is 1. The van der Waals surface area contributed by atoms with Crippen molar-refractivity contribution in [1.82, 2.24) is 0 Å². The van der Waals surface area contributed by atoms with E-state index in [0.29, 0.717) is 0 Å². The molecule has 3 rings (SSSR count). The zero-order chi connectivity index (χ0) is 14.7. The van der Waals surface area contributed by atoms with Gasteiger partial charge in [-0.1, -0.05) is 30.3 Å². The first-order chi connectivity index (χ1) is 10.1. The molecule has 1 fully saturated rings. The molecule has 0 aromatic heterocycles. The maximum Gasteiger partial charge on any atom is 0.0721 e. The van der Waals surface area contributed by atoms with E-state index in [1.54, 1.807) is 0 Å². The lowest BCUT2D eigenvalue weighted by Crippen LogP contribution is -2.45. The van der Waals surface area contributed by atoms with E-state index in [4.69, 9.17) is 0 Å². The summed E-state index contributed by atoms with van der Waals surface area (Å²) in [5.74, 6) is 0. The van der Waals surface area contributed by atoms with Crippen molar-refractivity contribution in [3.8, 4) is 0 Å². The molecule has 0 spiro atoms. The monoisotopic (exact) mass is 393 g/mol. The lowest BCUT2D eigenvalue weighted by atomic mass is 9.85. The van der Waals surface area contributed by atoms with Gasteiger partial charge in [0.1, 0.15) is 0 Å². The van der Waals surface area contributed by atoms with Gasteiger partial charge >= 0.3 is 0 Å². The molecule has 1 N–H and O–H groups in total. The molecule has 0 saturated carbocycles. The molecular formula is C18H20INO. The second kappa shape index (κ2) is 6.36. The lowest BCUT2D eigenvalue weighted by molar-refractivity contribution is 0.0165. The zero-order valence-corrected chi connectivity index (χ0v) is 14.2. The van der Waals surface area contributed by atoms with Crippen molar-refractivity contribution in [3.63, 3.8) is 0 Å². The molecule has 0 radical (unpaired) electrons. The van der Waals surface area contributed by atoms with Crippen molar-refractivity contribution in [1.29, 1.82) is 0 Å². The van der Waals surface area contributed by atoms with Gasteiger partial charge in [-0.3, -0.25) is 0 Å². The van der Waals surface area contributed by atoms with Gasteiger partial charge < -0.3 is 10.0 Å². The molecule has 0 unspecified atom stereocenters. The fourth-order valence-corrected chi connectivity index (χ4v) is 3.34. The number of anilines is 1. The number of benzene rings is 2. The molecule has 2 nitrogen and oxygen atoms in total. The highest BCUT2D eigenvalue weighted by Crippen LogP contribution is 2.29. The molecule has 0 bridgehead atoms. The molecule has 0 atom stereocenters. The van der Waals surface area contributed by atoms with Crippen LogP contribution in [0.15, 0.2) is 54.6 Å². The summed E-state index contributed by atoms with van der Waals surface area (Å²) in [6.45, 7) is 1.84.